The predicted octanol–water partition coefficient (Wildman–Crippen LogP) is 10.4. The van der Waals surface area contributed by atoms with Gasteiger partial charge in [-0.25, -0.2) is 0 Å². The summed E-state index contributed by atoms with van der Waals surface area (Å²) in [4.78, 5) is 0. The Morgan fingerprint density at radius 3 is 0.893 bits per heavy atom. The van der Waals surface area contributed by atoms with Crippen LogP contribution in [-0.4, -0.2) is 5.11 Å². The zero-order valence-electron chi connectivity index (χ0n) is 19.6. The summed E-state index contributed by atoms with van der Waals surface area (Å²) in [6.07, 6.45) is 37.1. The SMILES string of the molecule is CCCCCCCCCCCCCCCCCCCCCCCCC/C=C/O. The van der Waals surface area contributed by atoms with Crippen molar-refractivity contribution in [2.75, 3.05) is 0 Å². The summed E-state index contributed by atoms with van der Waals surface area (Å²) >= 11 is 0. The van der Waals surface area contributed by atoms with Crippen LogP contribution in [0.5, 0.6) is 0 Å². The largest absolute Gasteiger partial charge is 0.516 e. The van der Waals surface area contributed by atoms with Crippen molar-refractivity contribution in [1.82, 2.24) is 0 Å². The Hall–Kier alpha value is -0.460. The third-order valence-electron chi connectivity index (χ3n) is 6.08. The summed E-state index contributed by atoms with van der Waals surface area (Å²) in [5.74, 6) is 0. The molecule has 28 heavy (non-hydrogen) atoms. The van der Waals surface area contributed by atoms with Gasteiger partial charge in [0.2, 0.25) is 0 Å². The Labute approximate surface area is 178 Å². The Balaban J connectivity index is 2.98. The smallest absolute Gasteiger partial charge is 0.0751 e. The minimum Gasteiger partial charge on any atom is -0.516 e. The number of aliphatic hydroxyl groups excluding tert-OH is 1. The van der Waals surface area contributed by atoms with Crippen LogP contribution in [0.2, 0.25) is 0 Å². The monoisotopic (exact) mass is 394 g/mol. The molecule has 0 unspecified atom stereocenters. The molecule has 0 aromatic carbocycles. The summed E-state index contributed by atoms with van der Waals surface area (Å²) in [5.41, 5.74) is 0. The van der Waals surface area contributed by atoms with Crippen molar-refractivity contribution in [3.05, 3.63) is 12.3 Å². The maximum Gasteiger partial charge on any atom is 0.0751 e. The van der Waals surface area contributed by atoms with E-state index in [1.54, 1.807) is 0 Å². The summed E-state index contributed by atoms with van der Waals surface area (Å²) in [5, 5.41) is 8.56. The lowest BCUT2D eigenvalue weighted by molar-refractivity contribution is 0.469. The maximum atomic E-state index is 8.56. The first kappa shape index (κ1) is 27.5. The predicted molar refractivity (Wildman–Crippen MR) is 128 cm³/mol. The fourth-order valence-electron chi connectivity index (χ4n) is 4.12. The van der Waals surface area contributed by atoms with Gasteiger partial charge in [0, 0.05) is 0 Å². The Kier molecular flexibility index (Phi) is 26.1. The third-order valence-corrected chi connectivity index (χ3v) is 6.08. The van der Waals surface area contributed by atoms with Crippen LogP contribution in [0.3, 0.4) is 0 Å². The number of unbranched alkanes of at least 4 members (excludes halogenated alkanes) is 23. The molecular formula is C27H54O. The van der Waals surface area contributed by atoms with Crippen molar-refractivity contribution in [3.8, 4) is 0 Å². The minimum absolute atomic E-state index is 1.04. The van der Waals surface area contributed by atoms with Gasteiger partial charge in [-0.15, -0.1) is 0 Å². The third kappa shape index (κ3) is 25.5. The van der Waals surface area contributed by atoms with E-state index >= 15 is 0 Å². The average Bonchev–Trinajstić information content (AvgIpc) is 2.71. The molecular weight excluding hydrogens is 340 g/mol. The molecule has 0 radical (unpaired) electrons. The zero-order valence-corrected chi connectivity index (χ0v) is 19.6. The molecule has 0 saturated carbocycles. The van der Waals surface area contributed by atoms with Gasteiger partial charge in [0.1, 0.15) is 0 Å². The van der Waals surface area contributed by atoms with E-state index in [1.165, 1.54) is 154 Å². The van der Waals surface area contributed by atoms with Crippen LogP contribution in [0.25, 0.3) is 0 Å². The molecule has 0 saturated heterocycles. The molecule has 1 heteroatoms. The van der Waals surface area contributed by atoms with Crippen molar-refractivity contribution < 1.29 is 5.11 Å². The van der Waals surface area contributed by atoms with Crippen LogP contribution in [0, 0.1) is 0 Å². The van der Waals surface area contributed by atoms with Crippen LogP contribution in [0.1, 0.15) is 161 Å². The van der Waals surface area contributed by atoms with Gasteiger partial charge in [0.15, 0.2) is 0 Å². The number of allylic oxidation sites excluding steroid dienone is 1. The topological polar surface area (TPSA) is 20.2 Å². The zero-order chi connectivity index (χ0) is 20.4. The molecule has 168 valence electrons. The summed E-state index contributed by atoms with van der Waals surface area (Å²) < 4.78 is 0. The van der Waals surface area contributed by atoms with Gasteiger partial charge in [0.05, 0.1) is 6.26 Å². The van der Waals surface area contributed by atoms with E-state index in [0.29, 0.717) is 0 Å². The average molecular weight is 395 g/mol. The molecule has 0 aromatic rings. The van der Waals surface area contributed by atoms with Gasteiger partial charge in [-0.2, -0.15) is 0 Å². The van der Waals surface area contributed by atoms with Crippen LogP contribution in [-0.2, 0) is 0 Å². The highest BCUT2D eigenvalue weighted by atomic mass is 16.2. The first-order valence-electron chi connectivity index (χ1n) is 13.2. The molecule has 0 aromatic heterocycles. The molecule has 1 nitrogen and oxygen atoms in total. The van der Waals surface area contributed by atoms with E-state index < -0.39 is 0 Å². The molecule has 0 aliphatic heterocycles. The molecule has 0 rings (SSSR count). The van der Waals surface area contributed by atoms with Gasteiger partial charge in [-0.05, 0) is 12.8 Å². The molecule has 1 N–H and O–H groups in total. The molecule has 0 aliphatic carbocycles. The van der Waals surface area contributed by atoms with Crippen molar-refractivity contribution in [1.29, 1.82) is 0 Å². The van der Waals surface area contributed by atoms with E-state index in [4.69, 9.17) is 5.11 Å². The van der Waals surface area contributed by atoms with Crippen molar-refractivity contribution in [2.24, 2.45) is 0 Å². The Morgan fingerprint density at radius 1 is 0.393 bits per heavy atom. The van der Waals surface area contributed by atoms with Gasteiger partial charge in [-0.3, -0.25) is 0 Å². The van der Waals surface area contributed by atoms with Crippen LogP contribution < -0.4 is 0 Å². The maximum absolute atomic E-state index is 8.56. The first-order valence-corrected chi connectivity index (χ1v) is 13.2. The van der Waals surface area contributed by atoms with Gasteiger partial charge >= 0.3 is 0 Å². The van der Waals surface area contributed by atoms with Gasteiger partial charge in [0.25, 0.3) is 0 Å². The molecule has 0 heterocycles. The van der Waals surface area contributed by atoms with Crippen molar-refractivity contribution in [2.45, 2.75) is 161 Å². The Morgan fingerprint density at radius 2 is 0.643 bits per heavy atom. The van der Waals surface area contributed by atoms with E-state index in [-0.39, 0.29) is 0 Å². The van der Waals surface area contributed by atoms with Crippen LogP contribution >= 0.6 is 0 Å². The summed E-state index contributed by atoms with van der Waals surface area (Å²) in [6.45, 7) is 2.30. The molecule has 0 amide bonds. The number of aliphatic hydroxyl groups is 1. The lowest BCUT2D eigenvalue weighted by Crippen LogP contribution is -1.84. The lowest BCUT2D eigenvalue weighted by atomic mass is 10.0. The second-order valence-corrected chi connectivity index (χ2v) is 8.95. The molecule has 0 fully saturated rings. The highest BCUT2D eigenvalue weighted by molar-refractivity contribution is 4.70. The standard InChI is InChI=1S/C27H54O/c1-2-3-4-5-6-7-8-9-10-11-12-13-14-15-16-17-18-19-20-21-22-23-24-25-26-27-28/h26-28H,2-25H2,1H3/b27-26+. The number of hydrogen-bond donors (Lipinski definition) is 1. The normalized spacial score (nSPS) is 11.6. The minimum atomic E-state index is 1.04. The first-order chi connectivity index (χ1) is 13.9. The molecule has 0 spiro atoms. The van der Waals surface area contributed by atoms with E-state index in [2.05, 4.69) is 6.92 Å². The second-order valence-electron chi connectivity index (χ2n) is 8.95. The van der Waals surface area contributed by atoms with Crippen LogP contribution in [0.4, 0.5) is 0 Å². The molecule has 0 atom stereocenters. The van der Waals surface area contributed by atoms with Crippen molar-refractivity contribution in [3.63, 3.8) is 0 Å². The fraction of sp³-hybridized carbons (Fsp3) is 0.926. The summed E-state index contributed by atoms with van der Waals surface area (Å²) in [7, 11) is 0. The highest BCUT2D eigenvalue weighted by Gasteiger charge is 1.95. The second kappa shape index (κ2) is 26.5. The number of hydrogen-bond acceptors (Lipinski definition) is 1. The Bertz CT molecular complexity index is 284. The van der Waals surface area contributed by atoms with Crippen LogP contribution in [0.15, 0.2) is 12.3 Å². The molecule has 0 aliphatic rings. The molecule has 0 bridgehead atoms. The van der Waals surface area contributed by atoms with Crippen molar-refractivity contribution >= 4 is 0 Å². The highest BCUT2D eigenvalue weighted by Crippen LogP contribution is 2.15. The van der Waals surface area contributed by atoms with Gasteiger partial charge < -0.3 is 5.11 Å². The summed E-state index contributed by atoms with van der Waals surface area (Å²) in [6, 6.07) is 0. The van der Waals surface area contributed by atoms with E-state index in [1.807, 2.05) is 6.08 Å². The lowest BCUT2D eigenvalue weighted by Gasteiger charge is -2.04. The van der Waals surface area contributed by atoms with E-state index in [0.717, 1.165) is 6.42 Å². The quantitative estimate of drug-likeness (QED) is 0.127. The van der Waals surface area contributed by atoms with Gasteiger partial charge in [-0.1, -0.05) is 154 Å². The number of rotatable bonds is 24. The van der Waals surface area contributed by atoms with E-state index in [9.17, 15) is 0 Å². The fourth-order valence-corrected chi connectivity index (χ4v) is 4.12.